The van der Waals surface area contributed by atoms with Crippen LogP contribution < -0.4 is 5.73 Å². The molecule has 2 fully saturated rings. The average molecular weight is 508 g/mol. The standard InChI is InChI=1S/C28H25N7OS/c1-2-23(36)34-13-18-10-20(11-19(18)14-34)35-27-24(26(29)30-15-31-27)25(33-35)17-8-9-21-22(12-17)37-28(32-21)16-6-4-3-5-7-16/h2-9,12,15,18-20H,1,10-11,13-14H2,(H2,29,30,31). The van der Waals surface area contributed by atoms with Crippen molar-refractivity contribution in [1.29, 1.82) is 0 Å². The summed E-state index contributed by atoms with van der Waals surface area (Å²) in [5, 5.41) is 6.87. The van der Waals surface area contributed by atoms with Crippen LogP contribution in [0.15, 0.2) is 67.5 Å². The number of anilines is 1. The number of hydrogen-bond acceptors (Lipinski definition) is 7. The number of benzene rings is 2. The van der Waals surface area contributed by atoms with Gasteiger partial charge in [-0.25, -0.2) is 19.6 Å². The Morgan fingerprint density at radius 3 is 2.59 bits per heavy atom. The van der Waals surface area contributed by atoms with Gasteiger partial charge in [0.25, 0.3) is 0 Å². The highest BCUT2D eigenvalue weighted by atomic mass is 32.1. The highest BCUT2D eigenvalue weighted by molar-refractivity contribution is 7.21. The Hall–Kier alpha value is -4.11. The summed E-state index contributed by atoms with van der Waals surface area (Å²) >= 11 is 1.67. The maximum atomic E-state index is 12.1. The Kier molecular flexibility index (Phi) is 5.07. The zero-order valence-electron chi connectivity index (χ0n) is 20.1. The molecule has 1 saturated carbocycles. The van der Waals surface area contributed by atoms with Crippen molar-refractivity contribution in [2.24, 2.45) is 11.8 Å². The van der Waals surface area contributed by atoms with Crippen LogP contribution in [0.5, 0.6) is 0 Å². The van der Waals surface area contributed by atoms with Gasteiger partial charge in [-0.3, -0.25) is 4.79 Å². The van der Waals surface area contributed by atoms with Crippen LogP contribution in [0, 0.1) is 11.8 Å². The first-order chi connectivity index (χ1) is 18.1. The van der Waals surface area contributed by atoms with Gasteiger partial charge in [-0.1, -0.05) is 43.0 Å². The predicted octanol–water partition coefficient (Wildman–Crippen LogP) is 4.95. The number of likely N-dealkylation sites (tertiary alicyclic amines) is 1. The van der Waals surface area contributed by atoms with Gasteiger partial charge in [0.05, 0.1) is 21.6 Å². The van der Waals surface area contributed by atoms with E-state index >= 15 is 0 Å². The van der Waals surface area contributed by atoms with Crippen LogP contribution in [0.25, 0.3) is 43.1 Å². The lowest BCUT2D eigenvalue weighted by Gasteiger charge is -2.18. The Bertz CT molecular complexity index is 1660. The number of amides is 1. The van der Waals surface area contributed by atoms with Crippen molar-refractivity contribution in [3.63, 3.8) is 0 Å². The van der Waals surface area contributed by atoms with Crippen molar-refractivity contribution in [2.75, 3.05) is 18.8 Å². The van der Waals surface area contributed by atoms with E-state index in [9.17, 15) is 4.79 Å². The molecule has 5 aromatic rings. The summed E-state index contributed by atoms with van der Waals surface area (Å²) in [5.74, 6) is 1.37. The molecule has 8 nitrogen and oxygen atoms in total. The Labute approximate surface area is 217 Å². The maximum Gasteiger partial charge on any atom is 0.245 e. The van der Waals surface area contributed by atoms with Crippen molar-refractivity contribution in [3.8, 4) is 21.8 Å². The van der Waals surface area contributed by atoms with Gasteiger partial charge in [-0.15, -0.1) is 11.3 Å². The fourth-order valence-corrected chi connectivity index (χ4v) is 7.02. The second-order valence-corrected chi connectivity index (χ2v) is 10.9. The molecule has 2 aromatic carbocycles. The number of carbonyl (C=O) groups excluding carboxylic acids is 1. The van der Waals surface area contributed by atoms with Crippen LogP contribution in [0.4, 0.5) is 5.82 Å². The average Bonchev–Trinajstić information content (AvgIpc) is 3.69. The molecule has 1 aliphatic heterocycles. The van der Waals surface area contributed by atoms with Gasteiger partial charge in [0.15, 0.2) is 5.65 Å². The van der Waals surface area contributed by atoms with Gasteiger partial charge in [0, 0.05) is 24.2 Å². The minimum Gasteiger partial charge on any atom is -0.383 e. The third-order valence-corrected chi connectivity index (χ3v) is 8.83. The third-order valence-electron chi connectivity index (χ3n) is 7.76. The largest absolute Gasteiger partial charge is 0.383 e. The first-order valence-electron chi connectivity index (χ1n) is 12.5. The van der Waals surface area contributed by atoms with E-state index in [2.05, 4.69) is 40.8 Å². The molecule has 1 aliphatic carbocycles. The summed E-state index contributed by atoms with van der Waals surface area (Å²) in [6.07, 6.45) is 4.84. The summed E-state index contributed by atoms with van der Waals surface area (Å²) in [6.45, 7) is 5.19. The zero-order valence-corrected chi connectivity index (χ0v) is 20.9. The van der Waals surface area contributed by atoms with Crippen LogP contribution in [0.1, 0.15) is 18.9 Å². The van der Waals surface area contributed by atoms with Crippen LogP contribution >= 0.6 is 11.3 Å². The Morgan fingerprint density at radius 1 is 1.05 bits per heavy atom. The van der Waals surface area contributed by atoms with Gasteiger partial charge in [0.2, 0.25) is 5.91 Å². The highest BCUT2D eigenvalue weighted by Crippen LogP contribution is 2.46. The van der Waals surface area contributed by atoms with Crippen LogP contribution in [0.3, 0.4) is 0 Å². The molecule has 2 unspecified atom stereocenters. The van der Waals surface area contributed by atoms with Crippen molar-refractivity contribution >= 4 is 44.3 Å². The first kappa shape index (κ1) is 22.1. The predicted molar refractivity (Wildman–Crippen MR) is 146 cm³/mol. The summed E-state index contributed by atoms with van der Waals surface area (Å²) < 4.78 is 3.14. The minimum absolute atomic E-state index is 0.0205. The molecular weight excluding hydrogens is 482 g/mol. The Balaban J connectivity index is 1.26. The fourth-order valence-electron chi connectivity index (χ4n) is 6.00. The van der Waals surface area contributed by atoms with Gasteiger partial charge >= 0.3 is 0 Å². The molecule has 37 heavy (non-hydrogen) atoms. The van der Waals surface area contributed by atoms with E-state index in [0.29, 0.717) is 17.7 Å². The summed E-state index contributed by atoms with van der Waals surface area (Å²) in [6, 6.07) is 16.7. The van der Waals surface area contributed by atoms with Crippen LogP contribution in [-0.4, -0.2) is 48.6 Å². The van der Waals surface area contributed by atoms with E-state index in [1.807, 2.05) is 33.8 Å². The fraction of sp³-hybridized carbons (Fsp3) is 0.250. The van der Waals surface area contributed by atoms with E-state index in [1.165, 1.54) is 12.4 Å². The van der Waals surface area contributed by atoms with Crippen molar-refractivity contribution < 1.29 is 4.79 Å². The first-order valence-corrected chi connectivity index (χ1v) is 13.3. The van der Waals surface area contributed by atoms with E-state index in [0.717, 1.165) is 69.0 Å². The summed E-state index contributed by atoms with van der Waals surface area (Å²) in [7, 11) is 0. The highest BCUT2D eigenvalue weighted by Gasteiger charge is 2.43. The normalized spacial score (nSPS) is 21.1. The molecule has 7 rings (SSSR count). The van der Waals surface area contributed by atoms with Gasteiger partial charge in [0.1, 0.15) is 22.8 Å². The molecule has 0 spiro atoms. The van der Waals surface area contributed by atoms with Crippen molar-refractivity contribution in [2.45, 2.75) is 18.9 Å². The monoisotopic (exact) mass is 507 g/mol. The SMILES string of the molecule is C=CC(=O)N1CC2CC(n3nc(-c4ccc5nc(-c6ccccc6)sc5c4)c4c(N)ncnc43)CC2C1. The molecule has 184 valence electrons. The van der Waals surface area contributed by atoms with Crippen LogP contribution in [0.2, 0.25) is 0 Å². The molecule has 9 heteroatoms. The topological polar surface area (TPSA) is 103 Å². The van der Waals surface area contributed by atoms with Crippen molar-refractivity contribution in [3.05, 3.63) is 67.5 Å². The molecule has 3 aromatic heterocycles. The summed E-state index contributed by atoms with van der Waals surface area (Å²) in [4.78, 5) is 27.7. The van der Waals surface area contributed by atoms with Gasteiger partial charge < -0.3 is 10.6 Å². The molecule has 0 bridgehead atoms. The smallest absolute Gasteiger partial charge is 0.245 e. The molecule has 4 heterocycles. The molecule has 1 amide bonds. The minimum atomic E-state index is 0.0205. The molecule has 1 saturated heterocycles. The number of rotatable bonds is 4. The number of thiazole rings is 1. The number of aromatic nitrogens is 5. The summed E-state index contributed by atoms with van der Waals surface area (Å²) in [5.41, 5.74) is 11.0. The molecule has 0 radical (unpaired) electrons. The number of nitrogens with zero attached hydrogens (tertiary/aromatic N) is 6. The third kappa shape index (κ3) is 3.61. The quantitative estimate of drug-likeness (QED) is 0.345. The molecule has 2 atom stereocenters. The lowest BCUT2D eigenvalue weighted by Crippen LogP contribution is -2.28. The lowest BCUT2D eigenvalue weighted by molar-refractivity contribution is -0.125. The number of nitrogens with two attached hydrogens (primary N) is 1. The van der Waals surface area contributed by atoms with E-state index in [1.54, 1.807) is 11.3 Å². The number of fused-ring (bicyclic) bond motifs is 3. The molecule has 2 aliphatic rings. The van der Waals surface area contributed by atoms with Crippen molar-refractivity contribution in [1.82, 2.24) is 29.6 Å². The number of carbonyl (C=O) groups is 1. The zero-order chi connectivity index (χ0) is 25.1. The van der Waals surface area contributed by atoms with E-state index < -0.39 is 0 Å². The second kappa shape index (κ2) is 8.48. The number of hydrogen-bond donors (Lipinski definition) is 1. The second-order valence-electron chi connectivity index (χ2n) is 9.91. The van der Waals surface area contributed by atoms with Gasteiger partial charge in [-0.2, -0.15) is 5.10 Å². The molecular formula is C28H25N7OS. The maximum absolute atomic E-state index is 12.1. The number of nitrogen functional groups attached to an aromatic ring is 1. The molecule has 2 N–H and O–H groups in total. The Morgan fingerprint density at radius 2 is 1.84 bits per heavy atom. The van der Waals surface area contributed by atoms with E-state index in [-0.39, 0.29) is 11.9 Å². The lowest BCUT2D eigenvalue weighted by atomic mass is 10.0. The van der Waals surface area contributed by atoms with Crippen LogP contribution in [-0.2, 0) is 4.79 Å². The van der Waals surface area contributed by atoms with E-state index in [4.69, 9.17) is 15.8 Å². The van der Waals surface area contributed by atoms with Gasteiger partial charge in [-0.05, 0) is 42.9 Å².